The van der Waals surface area contributed by atoms with Gasteiger partial charge in [0.05, 0.1) is 35.4 Å². The Balaban J connectivity index is 0.000000220. The average molecular weight is 575 g/mol. The minimum absolute atomic E-state index is 0.340. The number of nitriles is 2. The predicted octanol–water partition coefficient (Wildman–Crippen LogP) is 9.46. The number of benzene rings is 4. The molecule has 0 aromatic heterocycles. The molecule has 0 N–H and O–H groups in total. The predicted molar refractivity (Wildman–Crippen MR) is 157 cm³/mol. The van der Waals surface area contributed by atoms with Gasteiger partial charge in [-0.05, 0) is 66.4 Å². The smallest absolute Gasteiger partial charge is 0.203 e. The maximum atomic E-state index is 8.87. The van der Waals surface area contributed by atoms with Crippen LogP contribution in [-0.4, -0.2) is 14.2 Å². The molecule has 0 aliphatic heterocycles. The number of para-hydroxylation sites is 1. The summed E-state index contributed by atoms with van der Waals surface area (Å²) in [7, 11) is 3.09. The first kappa shape index (κ1) is 30.2. The molecule has 4 aromatic rings. The quantitative estimate of drug-likeness (QED) is 0.218. The zero-order chi connectivity index (χ0) is 29.2. The van der Waals surface area contributed by atoms with Crippen molar-refractivity contribution in [3.63, 3.8) is 0 Å². The van der Waals surface area contributed by atoms with Crippen LogP contribution in [-0.2, 0) is 0 Å². The van der Waals surface area contributed by atoms with Gasteiger partial charge < -0.3 is 18.9 Å². The van der Waals surface area contributed by atoms with Crippen molar-refractivity contribution < 1.29 is 18.9 Å². The lowest BCUT2D eigenvalue weighted by Gasteiger charge is -2.13. The fourth-order valence-corrected chi connectivity index (χ4v) is 4.00. The molecule has 8 heteroatoms. The van der Waals surface area contributed by atoms with Gasteiger partial charge in [-0.25, -0.2) is 0 Å². The van der Waals surface area contributed by atoms with Crippen molar-refractivity contribution in [2.45, 2.75) is 26.7 Å². The van der Waals surface area contributed by atoms with Gasteiger partial charge in [0.25, 0.3) is 0 Å². The van der Waals surface area contributed by atoms with Crippen molar-refractivity contribution in [3.05, 3.63) is 105 Å². The standard InChI is InChI=1S/C17H16ClNO.C15H12ClNO3/c1-11(2)13-5-4-12(3)17(8-13)20-15-7-6-14(10-19)16(18)9-15;1-18-13-4-3-5-14(15(13)19-2)20-11-7-6-10(9-17)12(16)8-11/h4-9,11H,1-3H3;3-8H,1-2H3. The Morgan fingerprint density at radius 2 is 1.23 bits per heavy atom. The third-order valence-corrected chi connectivity index (χ3v) is 6.45. The van der Waals surface area contributed by atoms with Crippen LogP contribution in [0.4, 0.5) is 0 Å². The van der Waals surface area contributed by atoms with Gasteiger partial charge in [-0.1, -0.05) is 55.2 Å². The molecule has 4 aromatic carbocycles. The van der Waals surface area contributed by atoms with Crippen LogP contribution in [0, 0.1) is 29.6 Å². The number of rotatable bonds is 7. The molecule has 0 fully saturated rings. The van der Waals surface area contributed by atoms with E-state index in [4.69, 9.17) is 52.7 Å². The molecule has 40 heavy (non-hydrogen) atoms. The van der Waals surface area contributed by atoms with E-state index in [1.807, 2.05) is 25.1 Å². The molecule has 0 aliphatic rings. The molecule has 0 amide bonds. The second-order valence-electron chi connectivity index (χ2n) is 8.88. The maximum Gasteiger partial charge on any atom is 0.203 e. The molecule has 0 heterocycles. The molecule has 0 atom stereocenters. The second-order valence-corrected chi connectivity index (χ2v) is 9.70. The summed E-state index contributed by atoms with van der Waals surface area (Å²) in [5, 5.41) is 18.4. The van der Waals surface area contributed by atoms with Gasteiger partial charge in [0.15, 0.2) is 11.5 Å². The Kier molecular flexibility index (Phi) is 10.7. The summed E-state index contributed by atoms with van der Waals surface area (Å²) < 4.78 is 22.1. The van der Waals surface area contributed by atoms with Crippen molar-refractivity contribution >= 4 is 23.2 Å². The highest BCUT2D eigenvalue weighted by Crippen LogP contribution is 2.39. The van der Waals surface area contributed by atoms with Crippen LogP contribution >= 0.6 is 23.2 Å². The lowest BCUT2D eigenvalue weighted by molar-refractivity contribution is 0.336. The summed E-state index contributed by atoms with van der Waals surface area (Å²) in [4.78, 5) is 0. The molecule has 0 saturated heterocycles. The first-order valence-corrected chi connectivity index (χ1v) is 13.0. The van der Waals surface area contributed by atoms with Gasteiger partial charge in [-0.3, -0.25) is 0 Å². The molecule has 4 rings (SSSR count). The third-order valence-electron chi connectivity index (χ3n) is 5.82. The van der Waals surface area contributed by atoms with E-state index in [0.29, 0.717) is 55.8 Å². The van der Waals surface area contributed by atoms with Crippen molar-refractivity contribution in [1.29, 1.82) is 10.5 Å². The lowest BCUT2D eigenvalue weighted by Crippen LogP contribution is -1.94. The molecule has 0 radical (unpaired) electrons. The van der Waals surface area contributed by atoms with Gasteiger partial charge in [0.1, 0.15) is 29.4 Å². The van der Waals surface area contributed by atoms with E-state index < -0.39 is 0 Å². The molecule has 6 nitrogen and oxygen atoms in total. The summed E-state index contributed by atoms with van der Waals surface area (Å²) in [6, 6.07) is 25.5. The van der Waals surface area contributed by atoms with E-state index in [-0.39, 0.29) is 0 Å². The number of methoxy groups -OCH3 is 2. The fourth-order valence-electron chi connectivity index (χ4n) is 3.58. The third kappa shape index (κ3) is 7.61. The molecular formula is C32H28Cl2N2O4. The van der Waals surface area contributed by atoms with E-state index in [0.717, 1.165) is 11.3 Å². The molecular weight excluding hydrogens is 547 g/mol. The first-order chi connectivity index (χ1) is 19.2. The Bertz CT molecular complexity index is 1570. The maximum absolute atomic E-state index is 8.87. The van der Waals surface area contributed by atoms with Crippen LogP contribution < -0.4 is 18.9 Å². The highest BCUT2D eigenvalue weighted by atomic mass is 35.5. The van der Waals surface area contributed by atoms with Crippen LogP contribution in [0.15, 0.2) is 72.8 Å². The zero-order valence-electron chi connectivity index (χ0n) is 22.8. The van der Waals surface area contributed by atoms with Crippen LogP contribution in [0.1, 0.15) is 42.0 Å². The number of aryl methyl sites for hydroxylation is 1. The summed E-state index contributed by atoms with van der Waals surface area (Å²) in [5.41, 5.74) is 3.14. The second kappa shape index (κ2) is 14.1. The highest BCUT2D eigenvalue weighted by molar-refractivity contribution is 6.32. The Morgan fingerprint density at radius 1 is 0.675 bits per heavy atom. The Morgan fingerprint density at radius 3 is 1.70 bits per heavy atom. The number of nitrogens with zero attached hydrogens (tertiary/aromatic N) is 2. The Labute approximate surface area is 244 Å². The number of hydrogen-bond donors (Lipinski definition) is 0. The van der Waals surface area contributed by atoms with Crippen LogP contribution in [0.5, 0.6) is 34.5 Å². The average Bonchev–Trinajstić information content (AvgIpc) is 2.94. The van der Waals surface area contributed by atoms with Crippen LogP contribution in [0.3, 0.4) is 0 Å². The van der Waals surface area contributed by atoms with Gasteiger partial charge in [0.2, 0.25) is 5.75 Å². The first-order valence-electron chi connectivity index (χ1n) is 12.3. The number of ether oxygens (including phenoxy) is 4. The van der Waals surface area contributed by atoms with E-state index in [9.17, 15) is 0 Å². The van der Waals surface area contributed by atoms with Crippen molar-refractivity contribution in [1.82, 2.24) is 0 Å². The van der Waals surface area contributed by atoms with E-state index in [2.05, 4.69) is 26.0 Å². The normalized spacial score (nSPS) is 10.1. The van der Waals surface area contributed by atoms with Crippen molar-refractivity contribution in [3.8, 4) is 46.6 Å². The number of hydrogen-bond acceptors (Lipinski definition) is 6. The van der Waals surface area contributed by atoms with Crippen LogP contribution in [0.25, 0.3) is 0 Å². The minimum Gasteiger partial charge on any atom is -0.493 e. The van der Waals surface area contributed by atoms with Crippen LogP contribution in [0.2, 0.25) is 10.0 Å². The topological polar surface area (TPSA) is 84.5 Å². The van der Waals surface area contributed by atoms with Gasteiger partial charge in [0, 0.05) is 12.1 Å². The summed E-state index contributed by atoms with van der Waals surface area (Å²) >= 11 is 12.0. The molecule has 0 unspecified atom stereocenters. The Hall–Kier alpha value is -4.36. The number of halogens is 2. The van der Waals surface area contributed by atoms with Gasteiger partial charge in [-0.2, -0.15) is 10.5 Å². The summed E-state index contributed by atoms with van der Waals surface area (Å²) in [5.74, 6) is 3.99. The summed E-state index contributed by atoms with van der Waals surface area (Å²) in [6.07, 6.45) is 0. The van der Waals surface area contributed by atoms with Crippen molar-refractivity contribution in [2.75, 3.05) is 14.2 Å². The van der Waals surface area contributed by atoms with E-state index in [1.54, 1.807) is 61.7 Å². The summed E-state index contributed by atoms with van der Waals surface area (Å²) in [6.45, 7) is 6.30. The minimum atomic E-state index is 0.340. The fraction of sp³-hybridized carbons (Fsp3) is 0.188. The highest BCUT2D eigenvalue weighted by Gasteiger charge is 2.12. The van der Waals surface area contributed by atoms with E-state index in [1.165, 1.54) is 12.7 Å². The monoisotopic (exact) mass is 574 g/mol. The molecule has 0 spiro atoms. The molecule has 0 bridgehead atoms. The molecule has 204 valence electrons. The largest absolute Gasteiger partial charge is 0.493 e. The lowest BCUT2D eigenvalue weighted by atomic mass is 10.0. The molecule has 0 saturated carbocycles. The van der Waals surface area contributed by atoms with Gasteiger partial charge >= 0.3 is 0 Å². The van der Waals surface area contributed by atoms with Gasteiger partial charge in [-0.15, -0.1) is 0 Å². The SMILES string of the molecule is COc1cccc(Oc2ccc(C#N)c(Cl)c2)c1OC.Cc1ccc(C(C)C)cc1Oc1ccc(C#N)c(Cl)c1. The van der Waals surface area contributed by atoms with E-state index >= 15 is 0 Å². The molecule has 0 aliphatic carbocycles. The van der Waals surface area contributed by atoms with Crippen molar-refractivity contribution in [2.24, 2.45) is 0 Å². The zero-order valence-corrected chi connectivity index (χ0v) is 24.3.